The van der Waals surface area contributed by atoms with E-state index in [1.807, 2.05) is 20.8 Å². The zero-order valence-corrected chi connectivity index (χ0v) is 21.8. The summed E-state index contributed by atoms with van der Waals surface area (Å²) in [5, 5.41) is 11.1. The maximum absolute atomic E-state index is 13.1. The lowest BCUT2D eigenvalue weighted by Crippen LogP contribution is -2.33. The zero-order valence-electron chi connectivity index (χ0n) is 20.1. The Morgan fingerprint density at radius 1 is 1.06 bits per heavy atom. The summed E-state index contributed by atoms with van der Waals surface area (Å²) in [6, 6.07) is 10.4. The van der Waals surface area contributed by atoms with Gasteiger partial charge in [0.15, 0.2) is 4.80 Å². The Kier molecular flexibility index (Phi) is 8.92. The number of carbonyl (C=O) groups is 1. The quantitative estimate of drug-likeness (QED) is 0.263. The highest BCUT2D eigenvalue weighted by molar-refractivity contribution is 7.89. The van der Waals surface area contributed by atoms with Crippen molar-refractivity contribution >= 4 is 43.2 Å². The maximum atomic E-state index is 13.1. The molecule has 0 radical (unpaired) electrons. The summed E-state index contributed by atoms with van der Waals surface area (Å²) in [5.74, 6) is -0.508. The second-order valence-electron chi connectivity index (χ2n) is 8.09. The first-order chi connectivity index (χ1) is 16.7. The Hall–Kier alpha value is -2.89. The fourth-order valence-electron chi connectivity index (χ4n) is 3.65. The Balaban J connectivity index is 1.91. The minimum Gasteiger partial charge on any atom is -0.316 e. The number of nitrogens with zero attached hydrogens (tertiary/aromatic N) is 4. The molecule has 0 bridgehead atoms. The average Bonchev–Trinajstić information content (AvgIpc) is 3.19. The summed E-state index contributed by atoms with van der Waals surface area (Å²) in [7, 11) is -3.65. The van der Waals surface area contributed by atoms with E-state index in [0.29, 0.717) is 30.0 Å². The molecule has 0 aliphatic heterocycles. The standard InChI is InChI=1S/C24H30N4O5S2/c1-4-7-15-26(16-8-5-2)35(32,33)20-12-9-18(10-13-20)23(29)25-24-27(6-3)21-17-19(28(30)31)11-14-22(21)34-24/h9-14,17H,4-8,15-16H2,1-3H3. The van der Waals surface area contributed by atoms with Gasteiger partial charge in [0.1, 0.15) is 0 Å². The normalized spacial score (nSPS) is 12.5. The fourth-order valence-corrected chi connectivity index (χ4v) is 6.24. The van der Waals surface area contributed by atoms with Crippen LogP contribution in [0.2, 0.25) is 0 Å². The molecule has 0 aliphatic carbocycles. The highest BCUT2D eigenvalue weighted by Gasteiger charge is 2.24. The van der Waals surface area contributed by atoms with Crippen LogP contribution in [-0.4, -0.2) is 41.2 Å². The number of carbonyl (C=O) groups excluding carboxylic acids is 1. The number of non-ortho nitro benzene ring substituents is 1. The minimum atomic E-state index is -3.65. The van der Waals surface area contributed by atoms with Crippen LogP contribution in [-0.2, 0) is 16.6 Å². The van der Waals surface area contributed by atoms with Crippen LogP contribution < -0.4 is 4.80 Å². The lowest BCUT2D eigenvalue weighted by atomic mass is 10.2. The number of unbranched alkanes of at least 4 members (excludes halogenated alkanes) is 2. The van der Waals surface area contributed by atoms with Crippen molar-refractivity contribution in [3.05, 3.63) is 62.9 Å². The van der Waals surface area contributed by atoms with Gasteiger partial charge in [-0.2, -0.15) is 9.30 Å². The number of fused-ring (bicyclic) bond motifs is 1. The lowest BCUT2D eigenvalue weighted by molar-refractivity contribution is -0.384. The van der Waals surface area contributed by atoms with Crippen molar-refractivity contribution in [2.24, 2.45) is 4.99 Å². The highest BCUT2D eigenvalue weighted by atomic mass is 32.2. The second-order valence-corrected chi connectivity index (χ2v) is 11.0. The first-order valence-corrected chi connectivity index (χ1v) is 14.0. The second kappa shape index (κ2) is 11.7. The number of nitro groups is 1. The van der Waals surface area contributed by atoms with Crippen LogP contribution in [0, 0.1) is 10.1 Å². The number of sulfonamides is 1. The summed E-state index contributed by atoms with van der Waals surface area (Å²) in [6.45, 7) is 7.34. The molecule has 3 rings (SSSR count). The van der Waals surface area contributed by atoms with Gasteiger partial charge in [-0.1, -0.05) is 38.0 Å². The molecule has 0 unspecified atom stereocenters. The first kappa shape index (κ1) is 26.7. The Labute approximate surface area is 208 Å². The molecule has 0 fully saturated rings. The van der Waals surface area contributed by atoms with Crippen molar-refractivity contribution in [2.45, 2.75) is 57.9 Å². The van der Waals surface area contributed by atoms with Crippen molar-refractivity contribution in [1.29, 1.82) is 0 Å². The van der Waals surface area contributed by atoms with Crippen LogP contribution in [0.25, 0.3) is 10.2 Å². The van der Waals surface area contributed by atoms with E-state index in [4.69, 9.17) is 0 Å². The molecule has 0 spiro atoms. The fraction of sp³-hybridized carbons (Fsp3) is 0.417. The first-order valence-electron chi connectivity index (χ1n) is 11.7. The molecular formula is C24H30N4O5S2. The molecule has 9 nitrogen and oxygen atoms in total. The lowest BCUT2D eigenvalue weighted by Gasteiger charge is -2.22. The van der Waals surface area contributed by atoms with Crippen molar-refractivity contribution in [3.8, 4) is 0 Å². The van der Waals surface area contributed by atoms with Gasteiger partial charge in [0.05, 0.1) is 20.0 Å². The van der Waals surface area contributed by atoms with Gasteiger partial charge in [-0.25, -0.2) is 8.42 Å². The van der Waals surface area contributed by atoms with Crippen LogP contribution >= 0.6 is 11.3 Å². The molecular weight excluding hydrogens is 488 g/mol. The van der Waals surface area contributed by atoms with Crippen molar-refractivity contribution in [2.75, 3.05) is 13.1 Å². The number of hydrogen-bond donors (Lipinski definition) is 0. The third-order valence-electron chi connectivity index (χ3n) is 5.65. The van der Waals surface area contributed by atoms with Crippen molar-refractivity contribution < 1.29 is 18.1 Å². The SMILES string of the molecule is CCCCN(CCCC)S(=O)(=O)c1ccc(C(=O)N=c2sc3ccc([N+](=O)[O-])cc3n2CC)cc1. The molecule has 1 aromatic heterocycles. The minimum absolute atomic E-state index is 0.0286. The van der Waals surface area contributed by atoms with E-state index in [1.165, 1.54) is 52.0 Å². The molecule has 0 N–H and O–H groups in total. The zero-order chi connectivity index (χ0) is 25.6. The predicted molar refractivity (Wildman–Crippen MR) is 137 cm³/mol. The number of thiazole rings is 1. The number of nitro benzene ring substituents is 1. The molecule has 35 heavy (non-hydrogen) atoms. The summed E-state index contributed by atoms with van der Waals surface area (Å²) >= 11 is 1.27. The third kappa shape index (κ3) is 6.03. The highest BCUT2D eigenvalue weighted by Crippen LogP contribution is 2.23. The van der Waals surface area contributed by atoms with E-state index >= 15 is 0 Å². The molecule has 0 atom stereocenters. The Morgan fingerprint density at radius 2 is 1.69 bits per heavy atom. The summed E-state index contributed by atoms with van der Waals surface area (Å²) in [4.78, 5) is 28.4. The van der Waals surface area contributed by atoms with Gasteiger partial charge in [0.2, 0.25) is 10.0 Å². The van der Waals surface area contributed by atoms with Crippen LogP contribution in [0.15, 0.2) is 52.4 Å². The Morgan fingerprint density at radius 3 is 2.23 bits per heavy atom. The van der Waals surface area contributed by atoms with E-state index in [0.717, 1.165) is 30.4 Å². The Bertz CT molecular complexity index is 1370. The molecule has 2 aromatic carbocycles. The topological polar surface area (TPSA) is 115 Å². The van der Waals surface area contributed by atoms with E-state index in [9.17, 15) is 23.3 Å². The van der Waals surface area contributed by atoms with Gasteiger partial charge < -0.3 is 4.57 Å². The van der Waals surface area contributed by atoms with Gasteiger partial charge in [-0.05, 0) is 50.1 Å². The molecule has 1 amide bonds. The van der Waals surface area contributed by atoms with E-state index in [2.05, 4.69) is 4.99 Å². The van der Waals surface area contributed by atoms with Crippen molar-refractivity contribution in [1.82, 2.24) is 8.87 Å². The van der Waals surface area contributed by atoms with Gasteiger partial charge in [0, 0.05) is 37.3 Å². The predicted octanol–water partition coefficient (Wildman–Crippen LogP) is 4.96. The molecule has 0 saturated heterocycles. The van der Waals surface area contributed by atoms with Gasteiger partial charge in [-0.15, -0.1) is 0 Å². The van der Waals surface area contributed by atoms with Gasteiger partial charge in [-0.3, -0.25) is 14.9 Å². The van der Waals surface area contributed by atoms with Gasteiger partial charge in [0.25, 0.3) is 11.6 Å². The summed E-state index contributed by atoms with van der Waals surface area (Å²) in [6.07, 6.45) is 3.37. The van der Waals surface area contributed by atoms with Crippen LogP contribution in [0.4, 0.5) is 5.69 Å². The molecule has 0 aliphatic rings. The number of aryl methyl sites for hydroxylation is 1. The molecule has 0 saturated carbocycles. The molecule has 1 heterocycles. The van der Waals surface area contributed by atoms with Crippen LogP contribution in [0.5, 0.6) is 0 Å². The van der Waals surface area contributed by atoms with Crippen LogP contribution in [0.3, 0.4) is 0 Å². The third-order valence-corrected chi connectivity index (χ3v) is 8.62. The molecule has 11 heteroatoms. The number of hydrogen-bond acceptors (Lipinski definition) is 6. The average molecular weight is 519 g/mol. The number of benzene rings is 2. The number of rotatable bonds is 11. The number of aromatic nitrogens is 1. The molecule has 3 aromatic rings. The van der Waals surface area contributed by atoms with Crippen molar-refractivity contribution in [3.63, 3.8) is 0 Å². The van der Waals surface area contributed by atoms with E-state index in [1.54, 1.807) is 10.6 Å². The van der Waals surface area contributed by atoms with Crippen LogP contribution in [0.1, 0.15) is 56.8 Å². The largest absolute Gasteiger partial charge is 0.316 e. The number of amides is 1. The summed E-state index contributed by atoms with van der Waals surface area (Å²) in [5.41, 5.74) is 0.877. The smallest absolute Gasteiger partial charge is 0.279 e. The van der Waals surface area contributed by atoms with E-state index < -0.39 is 20.9 Å². The van der Waals surface area contributed by atoms with Gasteiger partial charge >= 0.3 is 0 Å². The maximum Gasteiger partial charge on any atom is 0.279 e. The monoisotopic (exact) mass is 518 g/mol. The molecule has 188 valence electrons. The van der Waals surface area contributed by atoms with E-state index in [-0.39, 0.29) is 16.1 Å². The summed E-state index contributed by atoms with van der Waals surface area (Å²) < 4.78 is 30.3.